The molecule has 1 N–H and O–H groups in total. The van der Waals surface area contributed by atoms with E-state index in [0.717, 1.165) is 34.0 Å². The minimum atomic E-state index is 0.392. The molecule has 3 nitrogen and oxygen atoms in total. The first kappa shape index (κ1) is 13.3. The van der Waals surface area contributed by atoms with Crippen molar-refractivity contribution in [3.63, 3.8) is 0 Å². The van der Waals surface area contributed by atoms with Crippen molar-refractivity contribution in [3.05, 3.63) is 22.6 Å². The Kier molecular flexibility index (Phi) is 3.85. The standard InChI is InChI=1S/C14H21N3S/c1-9(2)5-7-11(4)17-13-12(16-14(17)18)8-6-10(3)15-13/h6,8-9,11H,5,7H2,1-4H3,(H,16,18). The van der Waals surface area contributed by atoms with Crippen LogP contribution in [-0.4, -0.2) is 14.5 Å². The minimum Gasteiger partial charge on any atom is -0.329 e. The van der Waals surface area contributed by atoms with Crippen molar-refractivity contribution in [2.45, 2.75) is 46.6 Å². The Hall–Kier alpha value is -1.16. The molecule has 2 aromatic heterocycles. The highest BCUT2D eigenvalue weighted by Gasteiger charge is 2.12. The van der Waals surface area contributed by atoms with Gasteiger partial charge in [-0.25, -0.2) is 4.98 Å². The first-order valence-corrected chi connectivity index (χ1v) is 6.97. The topological polar surface area (TPSA) is 33.6 Å². The summed E-state index contributed by atoms with van der Waals surface area (Å²) in [5.74, 6) is 0.724. The van der Waals surface area contributed by atoms with E-state index in [4.69, 9.17) is 12.2 Å². The number of hydrogen-bond acceptors (Lipinski definition) is 2. The van der Waals surface area contributed by atoms with Gasteiger partial charge in [0.15, 0.2) is 10.4 Å². The summed E-state index contributed by atoms with van der Waals surface area (Å²) in [6.45, 7) is 8.74. The van der Waals surface area contributed by atoms with Gasteiger partial charge in [0.25, 0.3) is 0 Å². The SMILES string of the molecule is Cc1ccc2[nH]c(=S)n(C(C)CCC(C)C)c2n1. The smallest absolute Gasteiger partial charge is 0.179 e. The zero-order chi connectivity index (χ0) is 13.3. The Bertz CT molecular complexity index is 595. The minimum absolute atomic E-state index is 0.392. The van der Waals surface area contributed by atoms with Crippen LogP contribution in [0.4, 0.5) is 0 Å². The first-order valence-electron chi connectivity index (χ1n) is 6.57. The lowest BCUT2D eigenvalue weighted by atomic mass is 10.0. The third kappa shape index (κ3) is 2.64. The molecule has 0 saturated carbocycles. The van der Waals surface area contributed by atoms with Crippen LogP contribution >= 0.6 is 12.2 Å². The maximum Gasteiger partial charge on any atom is 0.179 e. The van der Waals surface area contributed by atoms with Gasteiger partial charge in [-0.2, -0.15) is 0 Å². The van der Waals surface area contributed by atoms with Gasteiger partial charge in [0, 0.05) is 11.7 Å². The molecule has 0 spiro atoms. The molecular weight excluding hydrogens is 242 g/mol. The van der Waals surface area contributed by atoms with Gasteiger partial charge in [-0.1, -0.05) is 13.8 Å². The number of nitrogens with one attached hydrogen (secondary N) is 1. The maximum absolute atomic E-state index is 5.42. The van der Waals surface area contributed by atoms with Gasteiger partial charge in [0.1, 0.15) is 0 Å². The fourth-order valence-electron chi connectivity index (χ4n) is 2.21. The van der Waals surface area contributed by atoms with E-state index >= 15 is 0 Å². The number of hydrogen-bond donors (Lipinski definition) is 1. The second-order valence-electron chi connectivity index (χ2n) is 5.44. The summed E-state index contributed by atoms with van der Waals surface area (Å²) in [6.07, 6.45) is 2.34. The largest absolute Gasteiger partial charge is 0.329 e. The normalized spacial score (nSPS) is 13.4. The molecule has 0 aromatic carbocycles. The molecule has 0 aliphatic heterocycles. The van der Waals surface area contributed by atoms with Crippen molar-refractivity contribution in [3.8, 4) is 0 Å². The third-order valence-corrected chi connectivity index (χ3v) is 3.60. The fraction of sp³-hybridized carbons (Fsp3) is 0.571. The summed E-state index contributed by atoms with van der Waals surface area (Å²) in [4.78, 5) is 7.85. The Labute approximate surface area is 113 Å². The predicted molar refractivity (Wildman–Crippen MR) is 78.4 cm³/mol. The molecule has 0 saturated heterocycles. The van der Waals surface area contributed by atoms with Crippen LogP contribution in [0.5, 0.6) is 0 Å². The summed E-state index contributed by atoms with van der Waals surface area (Å²) in [5.41, 5.74) is 3.04. The number of fused-ring (bicyclic) bond motifs is 1. The summed E-state index contributed by atoms with van der Waals surface area (Å²) >= 11 is 5.42. The second-order valence-corrected chi connectivity index (χ2v) is 5.83. The molecule has 2 aromatic rings. The van der Waals surface area contributed by atoms with Crippen LogP contribution in [0, 0.1) is 17.6 Å². The van der Waals surface area contributed by atoms with Crippen LogP contribution in [0.25, 0.3) is 11.2 Å². The van der Waals surface area contributed by atoms with E-state index in [1.54, 1.807) is 0 Å². The highest BCUT2D eigenvalue weighted by molar-refractivity contribution is 7.71. The van der Waals surface area contributed by atoms with Gasteiger partial charge in [0.2, 0.25) is 0 Å². The van der Waals surface area contributed by atoms with Crippen molar-refractivity contribution in [2.24, 2.45) is 5.92 Å². The molecule has 1 atom stereocenters. The third-order valence-electron chi connectivity index (χ3n) is 3.31. The number of nitrogens with zero attached hydrogens (tertiary/aromatic N) is 2. The van der Waals surface area contributed by atoms with E-state index in [1.807, 2.05) is 13.0 Å². The summed E-state index contributed by atoms with van der Waals surface area (Å²) in [5, 5.41) is 0. The van der Waals surface area contributed by atoms with Crippen LogP contribution < -0.4 is 0 Å². The van der Waals surface area contributed by atoms with Crippen LogP contribution in [-0.2, 0) is 0 Å². The molecule has 0 aliphatic rings. The number of aryl methyl sites for hydroxylation is 1. The Morgan fingerprint density at radius 3 is 2.67 bits per heavy atom. The molecule has 0 amide bonds. The summed E-state index contributed by atoms with van der Waals surface area (Å²) < 4.78 is 2.93. The van der Waals surface area contributed by atoms with E-state index in [9.17, 15) is 0 Å². The average Bonchev–Trinajstić information content (AvgIpc) is 2.61. The van der Waals surface area contributed by atoms with Crippen molar-refractivity contribution in [1.29, 1.82) is 0 Å². The van der Waals surface area contributed by atoms with Crippen LogP contribution in [0.1, 0.15) is 45.3 Å². The molecule has 2 heterocycles. The van der Waals surface area contributed by atoms with E-state index in [1.165, 1.54) is 6.42 Å². The number of rotatable bonds is 4. The van der Waals surface area contributed by atoms with E-state index < -0.39 is 0 Å². The van der Waals surface area contributed by atoms with Crippen LogP contribution in [0.15, 0.2) is 12.1 Å². The molecule has 1 unspecified atom stereocenters. The van der Waals surface area contributed by atoms with Crippen molar-refractivity contribution in [1.82, 2.24) is 14.5 Å². The molecule has 0 radical (unpaired) electrons. The van der Waals surface area contributed by atoms with Crippen molar-refractivity contribution in [2.75, 3.05) is 0 Å². The zero-order valence-electron chi connectivity index (χ0n) is 11.5. The first-order chi connectivity index (χ1) is 8.49. The van der Waals surface area contributed by atoms with Gasteiger partial charge >= 0.3 is 0 Å². The van der Waals surface area contributed by atoms with E-state index in [-0.39, 0.29) is 0 Å². The molecular formula is C14H21N3S. The molecule has 4 heteroatoms. The van der Waals surface area contributed by atoms with Gasteiger partial charge in [-0.05, 0) is 57.0 Å². The molecule has 0 fully saturated rings. The fourth-order valence-corrected chi connectivity index (χ4v) is 2.58. The number of pyridine rings is 1. The number of H-pyrrole nitrogens is 1. The molecule has 2 rings (SSSR count). The molecule has 98 valence electrons. The van der Waals surface area contributed by atoms with Gasteiger partial charge in [-0.15, -0.1) is 0 Å². The Morgan fingerprint density at radius 1 is 1.28 bits per heavy atom. The maximum atomic E-state index is 5.42. The quantitative estimate of drug-likeness (QED) is 0.829. The van der Waals surface area contributed by atoms with Crippen LogP contribution in [0.2, 0.25) is 0 Å². The molecule has 0 bridgehead atoms. The molecule has 0 aliphatic carbocycles. The summed E-state index contributed by atoms with van der Waals surface area (Å²) in [6, 6.07) is 4.46. The Morgan fingerprint density at radius 2 is 2.00 bits per heavy atom. The highest BCUT2D eigenvalue weighted by Crippen LogP contribution is 2.22. The monoisotopic (exact) mass is 263 g/mol. The summed E-state index contributed by atoms with van der Waals surface area (Å²) in [7, 11) is 0. The van der Waals surface area contributed by atoms with Gasteiger partial charge < -0.3 is 4.98 Å². The van der Waals surface area contributed by atoms with Gasteiger partial charge in [0.05, 0.1) is 5.52 Å². The Balaban J connectivity index is 2.40. The van der Waals surface area contributed by atoms with Gasteiger partial charge in [-0.3, -0.25) is 4.57 Å². The van der Waals surface area contributed by atoms with Crippen LogP contribution in [0.3, 0.4) is 0 Å². The van der Waals surface area contributed by atoms with Crippen molar-refractivity contribution < 1.29 is 0 Å². The number of imidazole rings is 1. The van der Waals surface area contributed by atoms with E-state index in [2.05, 4.69) is 41.4 Å². The molecule has 18 heavy (non-hydrogen) atoms. The number of aromatic nitrogens is 3. The highest BCUT2D eigenvalue weighted by atomic mass is 32.1. The second kappa shape index (κ2) is 5.22. The zero-order valence-corrected chi connectivity index (χ0v) is 12.3. The van der Waals surface area contributed by atoms with Crippen molar-refractivity contribution >= 4 is 23.4 Å². The predicted octanol–water partition coefficient (Wildman–Crippen LogP) is 4.40. The number of aromatic amines is 1. The lowest BCUT2D eigenvalue weighted by Crippen LogP contribution is -2.07. The lowest BCUT2D eigenvalue weighted by molar-refractivity contribution is 0.442. The lowest BCUT2D eigenvalue weighted by Gasteiger charge is -2.15. The average molecular weight is 263 g/mol. The van der Waals surface area contributed by atoms with E-state index in [0.29, 0.717) is 6.04 Å².